The molecule has 4 nitrogen and oxygen atoms in total. The average Bonchev–Trinajstić information content (AvgIpc) is 3.59. The van der Waals surface area contributed by atoms with Crippen LogP contribution in [0.4, 0.5) is 11.4 Å². The molecule has 10 rings (SSSR count). The van der Waals surface area contributed by atoms with E-state index in [2.05, 4.69) is 156 Å². The van der Waals surface area contributed by atoms with Gasteiger partial charge in [0.15, 0.2) is 0 Å². The van der Waals surface area contributed by atoms with Gasteiger partial charge in [0.25, 0.3) is 0 Å². The molecule has 54 heavy (non-hydrogen) atoms. The molecule has 270 valence electrons. The lowest BCUT2D eigenvalue weighted by molar-refractivity contribution is -0.136. The molecule has 4 unspecified atom stereocenters. The molecule has 0 bridgehead atoms. The highest BCUT2D eigenvalue weighted by Crippen LogP contribution is 2.56. The van der Waals surface area contributed by atoms with Crippen LogP contribution in [0.15, 0.2) is 150 Å². The van der Waals surface area contributed by atoms with Gasteiger partial charge in [-0.25, -0.2) is 0 Å². The van der Waals surface area contributed by atoms with E-state index in [4.69, 9.17) is 4.42 Å². The molecule has 1 aromatic heterocycles. The van der Waals surface area contributed by atoms with E-state index in [1.807, 2.05) is 0 Å². The Morgan fingerprint density at radius 2 is 1.63 bits per heavy atom. The number of aliphatic hydroxyl groups is 1. The summed E-state index contributed by atoms with van der Waals surface area (Å²) < 4.78 is 6.41. The minimum Gasteiger partial charge on any atom is -0.460 e. The molecule has 5 aromatic rings. The van der Waals surface area contributed by atoms with Gasteiger partial charge in [-0.3, -0.25) is 0 Å². The van der Waals surface area contributed by atoms with E-state index in [1.54, 1.807) is 0 Å². The summed E-state index contributed by atoms with van der Waals surface area (Å²) in [6.07, 6.45) is 26.9. The summed E-state index contributed by atoms with van der Waals surface area (Å²) >= 11 is 0. The van der Waals surface area contributed by atoms with Crippen LogP contribution in [0.5, 0.6) is 0 Å². The Labute approximate surface area is 318 Å². The van der Waals surface area contributed by atoms with Crippen molar-refractivity contribution in [3.8, 4) is 11.1 Å². The first-order valence-electron chi connectivity index (χ1n) is 20.0. The quantitative estimate of drug-likeness (QED) is 0.143. The molecule has 5 aliphatic rings. The van der Waals surface area contributed by atoms with Gasteiger partial charge in [0.05, 0.1) is 5.60 Å². The van der Waals surface area contributed by atoms with E-state index in [1.165, 1.54) is 33.2 Å². The molecule has 1 saturated heterocycles. The van der Waals surface area contributed by atoms with Gasteiger partial charge >= 0.3 is 0 Å². The third-order valence-corrected chi connectivity index (χ3v) is 13.0. The van der Waals surface area contributed by atoms with Crippen molar-refractivity contribution in [2.45, 2.75) is 75.0 Å². The summed E-state index contributed by atoms with van der Waals surface area (Å²) in [6, 6.07) is 35.0. The van der Waals surface area contributed by atoms with Crippen LogP contribution in [0.3, 0.4) is 0 Å². The molecule has 0 amide bonds. The molecule has 4 heteroatoms. The zero-order valence-corrected chi connectivity index (χ0v) is 30.8. The summed E-state index contributed by atoms with van der Waals surface area (Å²) in [5, 5.41) is 21.4. The molecule has 0 radical (unpaired) electrons. The Bertz CT molecular complexity index is 2350. The van der Waals surface area contributed by atoms with Crippen LogP contribution in [-0.4, -0.2) is 16.2 Å². The van der Waals surface area contributed by atoms with Crippen molar-refractivity contribution in [1.29, 1.82) is 0 Å². The number of hydrogen-bond acceptors (Lipinski definition) is 4. The highest BCUT2D eigenvalue weighted by molar-refractivity contribution is 5.98. The number of fused-ring (bicyclic) bond motifs is 3. The molecular formula is C50H48N2O2. The average molecular weight is 709 g/mol. The topological polar surface area (TPSA) is 57.4 Å². The number of aryl methyl sites for hydroxylation is 1. The SMILES string of the molecule is OC1(C[C@@]2(C3=CC=CCC3)CC(c3ccccc3)N2)CCC1C1C=CC=C(c2ccccc2Nc2ccc(-c3cccc4c5c(oc34)CCC=C5)cc2)C1. The van der Waals surface area contributed by atoms with Gasteiger partial charge in [-0.15, -0.1) is 0 Å². The van der Waals surface area contributed by atoms with Crippen molar-refractivity contribution in [1.82, 2.24) is 5.32 Å². The predicted molar refractivity (Wildman–Crippen MR) is 222 cm³/mol. The summed E-state index contributed by atoms with van der Waals surface area (Å²) in [5.74, 6) is 1.63. The molecule has 2 heterocycles. The van der Waals surface area contributed by atoms with Gasteiger partial charge in [0, 0.05) is 51.5 Å². The fraction of sp³-hybridized carbons (Fsp3) is 0.280. The lowest BCUT2D eigenvalue weighted by Crippen LogP contribution is -2.66. The van der Waals surface area contributed by atoms with Crippen LogP contribution in [0.2, 0.25) is 0 Å². The zero-order valence-electron chi connectivity index (χ0n) is 30.8. The molecular weight excluding hydrogens is 661 g/mol. The van der Waals surface area contributed by atoms with Crippen LogP contribution in [0, 0.1) is 11.8 Å². The number of para-hydroxylation sites is 2. The van der Waals surface area contributed by atoms with Crippen molar-refractivity contribution in [2.75, 3.05) is 5.32 Å². The Kier molecular flexibility index (Phi) is 8.42. The summed E-state index contributed by atoms with van der Waals surface area (Å²) in [7, 11) is 0. The lowest BCUT2D eigenvalue weighted by Gasteiger charge is -2.59. The van der Waals surface area contributed by atoms with Crippen molar-refractivity contribution >= 4 is 34.0 Å². The Hall–Kier alpha value is -5.16. The van der Waals surface area contributed by atoms with Crippen molar-refractivity contribution in [3.05, 3.63) is 168 Å². The summed E-state index contributed by atoms with van der Waals surface area (Å²) in [4.78, 5) is 0. The minimum atomic E-state index is -0.691. The number of anilines is 2. The van der Waals surface area contributed by atoms with E-state index in [9.17, 15) is 5.11 Å². The van der Waals surface area contributed by atoms with E-state index < -0.39 is 5.60 Å². The summed E-state index contributed by atoms with van der Waals surface area (Å²) in [5.41, 5.74) is 11.1. The van der Waals surface area contributed by atoms with E-state index >= 15 is 0 Å². The van der Waals surface area contributed by atoms with E-state index in [0.717, 1.165) is 91.6 Å². The second kappa shape index (κ2) is 13.6. The van der Waals surface area contributed by atoms with Crippen molar-refractivity contribution in [3.63, 3.8) is 0 Å². The van der Waals surface area contributed by atoms with Crippen molar-refractivity contribution in [2.24, 2.45) is 11.8 Å². The van der Waals surface area contributed by atoms with Crippen LogP contribution in [0.1, 0.15) is 79.9 Å². The van der Waals surface area contributed by atoms with Gasteiger partial charge in [0.2, 0.25) is 0 Å². The Morgan fingerprint density at radius 1 is 0.815 bits per heavy atom. The molecule has 0 spiro atoms. The Morgan fingerprint density at radius 3 is 2.44 bits per heavy atom. The second-order valence-corrected chi connectivity index (χ2v) is 16.2. The third-order valence-electron chi connectivity index (χ3n) is 13.0. The van der Waals surface area contributed by atoms with E-state index in [-0.39, 0.29) is 11.5 Å². The first-order chi connectivity index (χ1) is 26.6. The standard InChI is InChI=1S/C50H48N2O2/c53-50(33-49(38-17-5-2-6-18-38)32-46(52-49)35-13-3-1-4-14-35)30-29-44(50)37-16-11-15-36(31-37)40-19-7-9-23-45(40)51-39-27-25-34(26-28-39)41-21-12-22-43-42-20-8-10-24-47(42)54-48(41)43/h1-5,7-9,11-17,19-23,25-28,37,44,46,51-53H,6,10,18,24,29-33H2/t37?,44?,46?,49-,50?/m1/s1. The highest BCUT2D eigenvalue weighted by Gasteiger charge is 2.57. The maximum atomic E-state index is 12.5. The maximum Gasteiger partial charge on any atom is 0.142 e. The fourth-order valence-electron chi connectivity index (χ4n) is 10.1. The van der Waals surface area contributed by atoms with Gasteiger partial charge < -0.3 is 20.2 Å². The molecule has 5 atom stereocenters. The van der Waals surface area contributed by atoms with Crippen LogP contribution < -0.4 is 10.6 Å². The Balaban J connectivity index is 0.853. The molecule has 4 aromatic carbocycles. The molecule has 1 aliphatic heterocycles. The largest absolute Gasteiger partial charge is 0.460 e. The lowest BCUT2D eigenvalue weighted by atomic mass is 9.55. The van der Waals surface area contributed by atoms with Gasteiger partial charge in [-0.2, -0.15) is 0 Å². The number of furan rings is 1. The number of hydrogen-bond donors (Lipinski definition) is 3. The molecule has 1 saturated carbocycles. The van der Waals surface area contributed by atoms with Gasteiger partial charge in [-0.05, 0) is 104 Å². The van der Waals surface area contributed by atoms with Crippen molar-refractivity contribution < 1.29 is 9.52 Å². The fourth-order valence-corrected chi connectivity index (χ4v) is 10.1. The zero-order chi connectivity index (χ0) is 36.1. The minimum absolute atomic E-state index is 0.150. The number of rotatable bonds is 9. The first-order valence-corrected chi connectivity index (χ1v) is 20.0. The number of benzene rings is 4. The number of nitrogens with one attached hydrogen (secondary N) is 2. The second-order valence-electron chi connectivity index (χ2n) is 16.2. The summed E-state index contributed by atoms with van der Waals surface area (Å²) in [6.45, 7) is 0. The van der Waals surface area contributed by atoms with Crippen LogP contribution >= 0.6 is 0 Å². The first kappa shape index (κ1) is 33.4. The maximum absolute atomic E-state index is 12.5. The molecule has 2 fully saturated rings. The van der Waals surface area contributed by atoms with Gasteiger partial charge in [-0.1, -0.05) is 127 Å². The number of allylic oxidation sites excluding steroid dienone is 8. The van der Waals surface area contributed by atoms with Gasteiger partial charge in [0.1, 0.15) is 11.3 Å². The highest BCUT2D eigenvalue weighted by atomic mass is 16.3. The van der Waals surface area contributed by atoms with Crippen LogP contribution in [0.25, 0.3) is 33.7 Å². The monoisotopic (exact) mass is 708 g/mol. The molecule has 3 N–H and O–H groups in total. The molecule has 4 aliphatic carbocycles. The smallest absolute Gasteiger partial charge is 0.142 e. The van der Waals surface area contributed by atoms with E-state index in [0.29, 0.717) is 12.0 Å². The third kappa shape index (κ3) is 5.93. The predicted octanol–water partition coefficient (Wildman–Crippen LogP) is 12.0. The normalized spacial score (nSPS) is 27.1. The van der Waals surface area contributed by atoms with Crippen LogP contribution in [-0.2, 0) is 6.42 Å².